The van der Waals surface area contributed by atoms with Gasteiger partial charge in [0.25, 0.3) is 5.56 Å². The van der Waals surface area contributed by atoms with Crippen LogP contribution in [0.4, 0.5) is 5.95 Å². The average Bonchev–Trinajstić information content (AvgIpc) is 2.38. The molecule has 2 rings (SSSR count). The Bertz CT molecular complexity index is 496. The topological polar surface area (TPSA) is 84.8 Å². The molecule has 0 saturated carbocycles. The highest BCUT2D eigenvalue weighted by Gasteiger charge is 2.16. The van der Waals surface area contributed by atoms with Crippen LogP contribution in [0.2, 0.25) is 0 Å². The lowest BCUT2D eigenvalue weighted by atomic mass is 10.2. The number of hydrogen-bond donors (Lipinski definition) is 2. The molecule has 2 heterocycles. The molecule has 1 fully saturated rings. The second-order valence-electron chi connectivity index (χ2n) is 3.91. The minimum absolute atomic E-state index is 0.131. The van der Waals surface area contributed by atoms with E-state index in [2.05, 4.69) is 15.3 Å². The van der Waals surface area contributed by atoms with Gasteiger partial charge in [-0.1, -0.05) is 6.92 Å². The maximum absolute atomic E-state index is 11.7. The van der Waals surface area contributed by atoms with E-state index >= 15 is 0 Å². The van der Waals surface area contributed by atoms with Crippen molar-refractivity contribution in [1.29, 1.82) is 5.26 Å². The largest absolute Gasteiger partial charge is 0.340 e. The molecule has 0 aromatic carbocycles. The molecule has 6 heteroatoms. The number of H-pyrrole nitrogens is 1. The van der Waals surface area contributed by atoms with E-state index in [9.17, 15) is 4.79 Å². The Balaban J connectivity index is 2.39. The highest BCUT2D eigenvalue weighted by atomic mass is 16.1. The van der Waals surface area contributed by atoms with Gasteiger partial charge in [0.15, 0.2) is 0 Å². The fourth-order valence-electron chi connectivity index (χ4n) is 1.90. The molecule has 0 radical (unpaired) electrons. The minimum atomic E-state index is -0.340. The van der Waals surface area contributed by atoms with E-state index in [0.717, 1.165) is 26.2 Å². The Kier molecular flexibility index (Phi) is 3.40. The predicted octanol–water partition coefficient (Wildman–Crippen LogP) is -0.386. The third-order valence-electron chi connectivity index (χ3n) is 2.85. The number of nitrogens with zero attached hydrogens (tertiary/aromatic N) is 3. The molecule has 0 bridgehead atoms. The summed E-state index contributed by atoms with van der Waals surface area (Å²) in [6, 6.07) is 1.91. The summed E-state index contributed by atoms with van der Waals surface area (Å²) < 4.78 is 0. The van der Waals surface area contributed by atoms with Gasteiger partial charge in [0.05, 0.1) is 5.69 Å². The number of aromatic amines is 1. The summed E-state index contributed by atoms with van der Waals surface area (Å²) in [5.41, 5.74) is 0.365. The molecule has 0 aliphatic carbocycles. The van der Waals surface area contributed by atoms with E-state index in [1.807, 2.05) is 17.9 Å². The van der Waals surface area contributed by atoms with Crippen LogP contribution in [-0.4, -0.2) is 36.1 Å². The Hall–Kier alpha value is -1.87. The van der Waals surface area contributed by atoms with Gasteiger partial charge in [0.1, 0.15) is 11.6 Å². The summed E-state index contributed by atoms with van der Waals surface area (Å²) in [5.74, 6) is 0.576. The van der Waals surface area contributed by atoms with Gasteiger partial charge in [-0.3, -0.25) is 9.78 Å². The smallest absolute Gasteiger partial charge is 0.270 e. The number of aryl methyl sites for hydroxylation is 1. The second kappa shape index (κ2) is 4.97. The first-order valence-corrected chi connectivity index (χ1v) is 5.75. The van der Waals surface area contributed by atoms with Crippen molar-refractivity contribution in [3.63, 3.8) is 0 Å². The van der Waals surface area contributed by atoms with Gasteiger partial charge in [-0.15, -0.1) is 0 Å². The first-order valence-electron chi connectivity index (χ1n) is 5.75. The van der Waals surface area contributed by atoms with E-state index in [-0.39, 0.29) is 11.1 Å². The number of aromatic nitrogens is 2. The SMILES string of the molecule is CCc1nc(N2CCNCC2)[nH]c(=O)c1C#N. The van der Waals surface area contributed by atoms with Crippen molar-refractivity contribution in [2.45, 2.75) is 13.3 Å². The van der Waals surface area contributed by atoms with E-state index in [0.29, 0.717) is 18.1 Å². The van der Waals surface area contributed by atoms with Gasteiger partial charge < -0.3 is 10.2 Å². The van der Waals surface area contributed by atoms with Gasteiger partial charge in [0, 0.05) is 26.2 Å². The van der Waals surface area contributed by atoms with Crippen molar-refractivity contribution >= 4 is 5.95 Å². The van der Waals surface area contributed by atoms with Crippen molar-refractivity contribution in [2.24, 2.45) is 0 Å². The maximum Gasteiger partial charge on any atom is 0.270 e. The van der Waals surface area contributed by atoms with Crippen molar-refractivity contribution in [1.82, 2.24) is 15.3 Å². The molecule has 6 nitrogen and oxygen atoms in total. The second-order valence-corrected chi connectivity index (χ2v) is 3.91. The average molecular weight is 233 g/mol. The van der Waals surface area contributed by atoms with Crippen LogP contribution in [-0.2, 0) is 6.42 Å². The highest BCUT2D eigenvalue weighted by molar-refractivity contribution is 5.38. The zero-order valence-electron chi connectivity index (χ0n) is 9.79. The summed E-state index contributed by atoms with van der Waals surface area (Å²) in [6.45, 7) is 5.29. The summed E-state index contributed by atoms with van der Waals surface area (Å²) >= 11 is 0. The number of nitrogens with one attached hydrogen (secondary N) is 2. The third kappa shape index (κ3) is 2.29. The Labute approximate surface area is 99.3 Å². The molecule has 1 aromatic heterocycles. The normalized spacial score (nSPS) is 15.6. The molecule has 0 unspecified atom stereocenters. The maximum atomic E-state index is 11.7. The number of hydrogen-bond acceptors (Lipinski definition) is 5. The first-order chi connectivity index (χ1) is 8.26. The molecule has 1 aromatic rings. The van der Waals surface area contributed by atoms with Crippen molar-refractivity contribution < 1.29 is 0 Å². The first kappa shape index (κ1) is 11.6. The lowest BCUT2D eigenvalue weighted by molar-refractivity contribution is 0.578. The van der Waals surface area contributed by atoms with Crippen LogP contribution < -0.4 is 15.8 Å². The Morgan fingerprint density at radius 3 is 2.76 bits per heavy atom. The van der Waals surface area contributed by atoms with E-state index in [1.165, 1.54) is 0 Å². The standard InChI is InChI=1S/C11H15N5O/c1-2-9-8(7-12)10(17)15-11(14-9)16-5-3-13-4-6-16/h13H,2-6H2,1H3,(H,14,15,17). The van der Waals surface area contributed by atoms with Crippen molar-refractivity contribution in [3.05, 3.63) is 21.6 Å². The van der Waals surface area contributed by atoms with Crippen LogP contribution in [0.3, 0.4) is 0 Å². The van der Waals surface area contributed by atoms with E-state index in [4.69, 9.17) is 5.26 Å². The minimum Gasteiger partial charge on any atom is -0.340 e. The van der Waals surface area contributed by atoms with Crippen molar-refractivity contribution in [2.75, 3.05) is 31.1 Å². The zero-order valence-corrected chi connectivity index (χ0v) is 9.79. The molecule has 0 spiro atoms. The molecule has 0 atom stereocenters. The number of rotatable bonds is 2. The molecule has 1 aliphatic heterocycles. The zero-order chi connectivity index (χ0) is 12.3. The van der Waals surface area contributed by atoms with E-state index < -0.39 is 0 Å². The summed E-state index contributed by atoms with van der Waals surface area (Å²) in [4.78, 5) is 20.8. The molecule has 1 aliphatic rings. The Morgan fingerprint density at radius 1 is 1.47 bits per heavy atom. The van der Waals surface area contributed by atoms with Crippen LogP contribution in [0.5, 0.6) is 0 Å². The molecule has 0 amide bonds. The lowest BCUT2D eigenvalue weighted by Crippen LogP contribution is -2.45. The molecule has 1 saturated heterocycles. The number of anilines is 1. The van der Waals surface area contributed by atoms with Crippen LogP contribution in [0.25, 0.3) is 0 Å². The fourth-order valence-corrected chi connectivity index (χ4v) is 1.90. The molecule has 90 valence electrons. The summed E-state index contributed by atoms with van der Waals surface area (Å²) in [6.07, 6.45) is 0.589. The molecular weight excluding hydrogens is 218 g/mol. The van der Waals surface area contributed by atoms with Gasteiger partial charge in [-0.2, -0.15) is 5.26 Å². The molecular formula is C11H15N5O. The van der Waals surface area contributed by atoms with Crippen LogP contribution >= 0.6 is 0 Å². The summed E-state index contributed by atoms with van der Waals surface area (Å²) in [7, 11) is 0. The van der Waals surface area contributed by atoms with Gasteiger partial charge in [-0.05, 0) is 6.42 Å². The van der Waals surface area contributed by atoms with Crippen LogP contribution in [0.1, 0.15) is 18.2 Å². The lowest BCUT2D eigenvalue weighted by Gasteiger charge is -2.28. The monoisotopic (exact) mass is 233 g/mol. The van der Waals surface area contributed by atoms with E-state index in [1.54, 1.807) is 0 Å². The molecule has 2 N–H and O–H groups in total. The molecule has 17 heavy (non-hydrogen) atoms. The number of piperazine rings is 1. The van der Waals surface area contributed by atoms with Gasteiger partial charge in [0.2, 0.25) is 5.95 Å². The van der Waals surface area contributed by atoms with Gasteiger partial charge in [-0.25, -0.2) is 4.98 Å². The van der Waals surface area contributed by atoms with Gasteiger partial charge >= 0.3 is 0 Å². The quantitative estimate of drug-likeness (QED) is 0.727. The summed E-state index contributed by atoms with van der Waals surface area (Å²) in [5, 5.41) is 12.1. The fraction of sp³-hybridized carbons (Fsp3) is 0.545. The van der Waals surface area contributed by atoms with Crippen molar-refractivity contribution in [3.8, 4) is 6.07 Å². The predicted molar refractivity (Wildman–Crippen MR) is 64.0 cm³/mol. The third-order valence-corrected chi connectivity index (χ3v) is 2.85. The highest BCUT2D eigenvalue weighted by Crippen LogP contribution is 2.09. The van der Waals surface area contributed by atoms with Crippen LogP contribution in [0.15, 0.2) is 4.79 Å². The number of nitriles is 1. The Morgan fingerprint density at radius 2 is 2.18 bits per heavy atom. The van der Waals surface area contributed by atoms with Crippen LogP contribution in [0, 0.1) is 11.3 Å².